The van der Waals surface area contributed by atoms with E-state index >= 15 is 0 Å². The first kappa shape index (κ1) is 10.4. The number of aliphatic hydroxyl groups is 1. The van der Waals surface area contributed by atoms with Gasteiger partial charge in [0.1, 0.15) is 5.60 Å². The van der Waals surface area contributed by atoms with Crippen molar-refractivity contribution in [3.05, 3.63) is 0 Å². The highest BCUT2D eigenvalue weighted by atomic mass is 35.5. The van der Waals surface area contributed by atoms with Crippen LogP contribution in [0.5, 0.6) is 0 Å². The van der Waals surface area contributed by atoms with E-state index in [1.807, 2.05) is 0 Å². The molecule has 0 amide bonds. The highest BCUT2D eigenvalue weighted by Crippen LogP contribution is 2.37. The molecule has 5 heteroatoms. The summed E-state index contributed by atoms with van der Waals surface area (Å²) in [6, 6.07) is 0. The lowest BCUT2D eigenvalue weighted by molar-refractivity contribution is -0.0482. The Morgan fingerprint density at radius 2 is 1.80 bits per heavy atom. The van der Waals surface area contributed by atoms with Crippen LogP contribution in [0.1, 0.15) is 13.8 Å². The van der Waals surface area contributed by atoms with Crippen molar-refractivity contribution in [3.8, 4) is 0 Å². The molecule has 0 aromatic carbocycles. The van der Waals surface area contributed by atoms with E-state index in [2.05, 4.69) is 0 Å². The van der Waals surface area contributed by atoms with Gasteiger partial charge in [0.25, 0.3) is 5.13 Å². The molecule has 62 valence electrons. The van der Waals surface area contributed by atoms with Crippen LogP contribution < -0.4 is 0 Å². The van der Waals surface area contributed by atoms with Gasteiger partial charge in [-0.15, -0.1) is 0 Å². The Balaban J connectivity index is 4.40. The van der Waals surface area contributed by atoms with Crippen LogP contribution in [0.2, 0.25) is 0 Å². The second-order valence-corrected chi connectivity index (χ2v) is 3.42. The first-order valence-corrected chi connectivity index (χ1v) is 3.39. The number of rotatable bonds is 2. The zero-order chi connectivity index (χ0) is 8.58. The fourth-order valence-electron chi connectivity index (χ4n) is 0.267. The smallest absolute Gasteiger partial charge is 0.256 e. The fraction of sp³-hybridized carbons (Fsp3) is 1.00. The zero-order valence-electron chi connectivity index (χ0n) is 5.54. The van der Waals surface area contributed by atoms with Crippen molar-refractivity contribution in [2.45, 2.75) is 30.2 Å². The van der Waals surface area contributed by atoms with E-state index in [4.69, 9.17) is 28.3 Å². The minimum absolute atomic E-state index is 1.04. The van der Waals surface area contributed by atoms with Gasteiger partial charge >= 0.3 is 0 Å². The van der Waals surface area contributed by atoms with Gasteiger partial charge < -0.3 is 5.11 Å². The number of halogens is 4. The van der Waals surface area contributed by atoms with Crippen LogP contribution >= 0.6 is 23.2 Å². The van der Waals surface area contributed by atoms with E-state index in [9.17, 15) is 8.78 Å². The fourth-order valence-corrected chi connectivity index (χ4v) is 0.534. The number of hydrogen-bond acceptors (Lipinski definition) is 1. The highest BCUT2D eigenvalue weighted by molar-refractivity contribution is 6.31. The van der Waals surface area contributed by atoms with Crippen molar-refractivity contribution < 1.29 is 13.9 Å². The van der Waals surface area contributed by atoms with Gasteiger partial charge in [-0.25, -0.2) is 8.78 Å². The van der Waals surface area contributed by atoms with Crippen LogP contribution in [0.25, 0.3) is 0 Å². The maximum atomic E-state index is 12.7. The van der Waals surface area contributed by atoms with Gasteiger partial charge in [0.15, 0.2) is 0 Å². The van der Waals surface area contributed by atoms with E-state index < -0.39 is 16.4 Å². The normalized spacial score (nSPS) is 21.9. The molecule has 0 spiro atoms. The van der Waals surface area contributed by atoms with Crippen LogP contribution in [0.4, 0.5) is 8.78 Å². The summed E-state index contributed by atoms with van der Waals surface area (Å²) in [5.41, 5.74) is -4.41. The Labute approximate surface area is 67.9 Å². The Kier molecular flexibility index (Phi) is 2.91. The molecule has 1 nitrogen and oxygen atoms in total. The first-order valence-electron chi connectivity index (χ1n) is 2.58. The van der Waals surface area contributed by atoms with Gasteiger partial charge in [0.2, 0.25) is 5.63 Å². The predicted octanol–water partition coefficient (Wildman–Crippen LogP) is 2.20. The summed E-state index contributed by atoms with van der Waals surface area (Å²) in [6.45, 7) is 2.07. The molecular weight excluding hydrogens is 185 g/mol. The Morgan fingerprint density at radius 1 is 1.50 bits per heavy atom. The third kappa shape index (κ3) is 1.94. The molecule has 2 atom stereocenters. The van der Waals surface area contributed by atoms with Crippen LogP contribution in [-0.4, -0.2) is 21.5 Å². The summed E-state index contributed by atoms with van der Waals surface area (Å²) in [5.74, 6) is 0. The third-order valence-corrected chi connectivity index (χ3v) is 2.16. The largest absolute Gasteiger partial charge is 0.386 e. The summed E-state index contributed by atoms with van der Waals surface area (Å²) in [7, 11) is 0. The molecule has 0 aliphatic carbocycles. The molecule has 0 rings (SSSR count). The quantitative estimate of drug-likeness (QED) is 0.666. The maximum Gasteiger partial charge on any atom is 0.256 e. The molecule has 0 fully saturated rings. The van der Waals surface area contributed by atoms with Crippen LogP contribution in [-0.2, 0) is 0 Å². The van der Waals surface area contributed by atoms with Gasteiger partial charge in [-0.1, -0.05) is 23.2 Å². The van der Waals surface area contributed by atoms with E-state index in [0.29, 0.717) is 0 Å². The van der Waals surface area contributed by atoms with Gasteiger partial charge in [-0.2, -0.15) is 0 Å². The summed E-state index contributed by atoms with van der Waals surface area (Å²) < 4.78 is 24.8. The molecule has 0 radical (unpaired) electrons. The topological polar surface area (TPSA) is 20.2 Å². The summed E-state index contributed by atoms with van der Waals surface area (Å²) >= 11 is 9.64. The van der Waals surface area contributed by atoms with Crippen molar-refractivity contribution in [1.29, 1.82) is 0 Å². The summed E-state index contributed by atoms with van der Waals surface area (Å²) in [4.78, 5) is 0. The van der Waals surface area contributed by atoms with E-state index in [1.165, 1.54) is 0 Å². The molecule has 0 aromatic heterocycles. The van der Waals surface area contributed by atoms with Crippen molar-refractivity contribution in [1.82, 2.24) is 0 Å². The average molecular weight is 193 g/mol. The Morgan fingerprint density at radius 3 is 1.80 bits per heavy atom. The molecule has 0 aromatic rings. The van der Waals surface area contributed by atoms with Crippen LogP contribution in [0.15, 0.2) is 0 Å². The van der Waals surface area contributed by atoms with Gasteiger partial charge in [-0.3, -0.25) is 0 Å². The lowest BCUT2D eigenvalue weighted by atomic mass is 10.0. The lowest BCUT2D eigenvalue weighted by Crippen LogP contribution is -2.46. The second kappa shape index (κ2) is 2.80. The molecule has 2 unspecified atom stereocenters. The highest BCUT2D eigenvalue weighted by Gasteiger charge is 2.49. The van der Waals surface area contributed by atoms with E-state index in [1.54, 1.807) is 0 Å². The average Bonchev–Trinajstić information content (AvgIpc) is 1.62. The van der Waals surface area contributed by atoms with Gasteiger partial charge in [0.05, 0.1) is 0 Å². The molecule has 0 saturated carbocycles. The molecule has 0 bridgehead atoms. The standard InChI is InChI=1S/C5H8Cl2F2O/c1-4(2,10)5(7,9)3(6)8/h3,10H,1-2H3. The molecular formula is C5H8Cl2F2O. The Hall–Kier alpha value is 0.400. The summed E-state index contributed by atoms with van der Waals surface area (Å²) in [5, 5.41) is 5.95. The Bertz CT molecular complexity index is 119. The van der Waals surface area contributed by atoms with E-state index in [0.717, 1.165) is 13.8 Å². The number of alkyl halides is 4. The monoisotopic (exact) mass is 192 g/mol. The minimum atomic E-state index is -2.94. The van der Waals surface area contributed by atoms with Crippen LogP contribution in [0.3, 0.4) is 0 Å². The van der Waals surface area contributed by atoms with Crippen molar-refractivity contribution in [3.63, 3.8) is 0 Å². The minimum Gasteiger partial charge on any atom is -0.386 e. The second-order valence-electron chi connectivity index (χ2n) is 2.48. The van der Waals surface area contributed by atoms with Crippen LogP contribution in [0, 0.1) is 0 Å². The van der Waals surface area contributed by atoms with E-state index in [-0.39, 0.29) is 0 Å². The molecule has 1 N–H and O–H groups in total. The zero-order valence-corrected chi connectivity index (χ0v) is 7.05. The van der Waals surface area contributed by atoms with Crippen molar-refractivity contribution in [2.75, 3.05) is 0 Å². The first-order chi connectivity index (χ1) is 4.19. The van der Waals surface area contributed by atoms with Crippen molar-refractivity contribution in [2.24, 2.45) is 0 Å². The lowest BCUT2D eigenvalue weighted by Gasteiger charge is -2.30. The summed E-state index contributed by atoms with van der Waals surface area (Å²) in [6.07, 6.45) is 0. The third-order valence-electron chi connectivity index (χ3n) is 1.09. The predicted molar refractivity (Wildman–Crippen MR) is 36.7 cm³/mol. The SMILES string of the molecule is CC(C)(O)C(F)(Cl)C(F)Cl. The van der Waals surface area contributed by atoms with Gasteiger partial charge in [-0.05, 0) is 13.8 Å². The van der Waals surface area contributed by atoms with Crippen molar-refractivity contribution >= 4 is 23.2 Å². The van der Waals surface area contributed by atoms with Gasteiger partial charge in [0, 0.05) is 0 Å². The molecule has 10 heavy (non-hydrogen) atoms. The maximum absolute atomic E-state index is 12.7. The molecule has 0 aliphatic heterocycles. The molecule has 0 aliphatic rings. The number of hydrogen-bond donors (Lipinski definition) is 1. The molecule has 0 saturated heterocycles. The molecule has 0 heterocycles.